The van der Waals surface area contributed by atoms with Gasteiger partial charge in [-0.05, 0) is 38.3 Å². The van der Waals surface area contributed by atoms with E-state index in [9.17, 15) is 13.2 Å². The van der Waals surface area contributed by atoms with E-state index in [0.29, 0.717) is 5.82 Å². The van der Waals surface area contributed by atoms with Crippen LogP contribution in [0.25, 0.3) is 0 Å². The molecule has 0 aliphatic carbocycles. The Labute approximate surface area is 115 Å². The van der Waals surface area contributed by atoms with Crippen LogP contribution in [-0.2, 0) is 6.18 Å². The molecular weight excluding hydrogens is 277 g/mol. The number of anilines is 1. The van der Waals surface area contributed by atoms with E-state index < -0.39 is 11.7 Å². The van der Waals surface area contributed by atoms with Gasteiger partial charge in [-0.1, -0.05) is 18.5 Å². The molecule has 2 unspecified atom stereocenters. The van der Waals surface area contributed by atoms with Gasteiger partial charge in [0.1, 0.15) is 11.0 Å². The van der Waals surface area contributed by atoms with E-state index in [4.69, 9.17) is 11.6 Å². The Balaban J connectivity index is 2.42. The maximum atomic E-state index is 12.8. The molecule has 1 aromatic rings. The van der Waals surface area contributed by atoms with E-state index in [0.717, 1.165) is 31.4 Å². The van der Waals surface area contributed by atoms with Crippen molar-refractivity contribution >= 4 is 17.4 Å². The number of alkyl halides is 3. The predicted molar refractivity (Wildman–Crippen MR) is 69.5 cm³/mol. The third-order valence-corrected chi connectivity index (χ3v) is 3.82. The van der Waals surface area contributed by atoms with Crippen molar-refractivity contribution in [1.29, 1.82) is 0 Å². The van der Waals surface area contributed by atoms with Gasteiger partial charge < -0.3 is 4.90 Å². The largest absolute Gasteiger partial charge is 0.416 e. The minimum atomic E-state index is -4.40. The average molecular weight is 293 g/mol. The van der Waals surface area contributed by atoms with Gasteiger partial charge in [0.25, 0.3) is 0 Å². The molecule has 0 amide bonds. The van der Waals surface area contributed by atoms with Crippen LogP contribution in [0.2, 0.25) is 5.15 Å². The molecule has 2 nitrogen and oxygen atoms in total. The second-order valence-electron chi connectivity index (χ2n) is 4.93. The SMILES string of the molecule is CCC1CCC(C)N1c1cc(C(F)(F)F)cc(Cl)n1. The second-order valence-corrected chi connectivity index (χ2v) is 5.32. The molecule has 2 rings (SSSR count). The highest BCUT2D eigenvalue weighted by Gasteiger charge is 2.35. The van der Waals surface area contributed by atoms with Crippen LogP contribution >= 0.6 is 11.6 Å². The molecule has 1 aliphatic rings. The number of aromatic nitrogens is 1. The zero-order valence-corrected chi connectivity index (χ0v) is 11.6. The van der Waals surface area contributed by atoms with Crippen LogP contribution in [0.3, 0.4) is 0 Å². The maximum absolute atomic E-state index is 12.8. The van der Waals surface area contributed by atoms with Crippen molar-refractivity contribution in [2.45, 2.75) is 51.4 Å². The fourth-order valence-corrected chi connectivity index (χ4v) is 2.87. The van der Waals surface area contributed by atoms with Crippen LogP contribution in [0.1, 0.15) is 38.7 Å². The molecule has 1 aromatic heterocycles. The van der Waals surface area contributed by atoms with Crippen molar-refractivity contribution in [2.24, 2.45) is 0 Å². The molecule has 0 bridgehead atoms. The fourth-order valence-electron chi connectivity index (χ4n) is 2.66. The molecule has 106 valence electrons. The van der Waals surface area contributed by atoms with Crippen molar-refractivity contribution in [3.63, 3.8) is 0 Å². The van der Waals surface area contributed by atoms with Gasteiger partial charge in [-0.2, -0.15) is 13.2 Å². The Hall–Kier alpha value is -0.970. The molecule has 1 fully saturated rings. The van der Waals surface area contributed by atoms with Crippen molar-refractivity contribution in [2.75, 3.05) is 4.90 Å². The highest BCUT2D eigenvalue weighted by Crippen LogP contribution is 2.36. The molecule has 19 heavy (non-hydrogen) atoms. The molecule has 0 spiro atoms. The smallest absolute Gasteiger partial charge is 0.351 e. The monoisotopic (exact) mass is 292 g/mol. The number of rotatable bonds is 2. The highest BCUT2D eigenvalue weighted by molar-refractivity contribution is 6.29. The lowest BCUT2D eigenvalue weighted by molar-refractivity contribution is -0.137. The van der Waals surface area contributed by atoms with Crippen molar-refractivity contribution < 1.29 is 13.2 Å². The lowest BCUT2D eigenvalue weighted by Gasteiger charge is -2.29. The van der Waals surface area contributed by atoms with Crippen LogP contribution < -0.4 is 4.90 Å². The molecule has 2 heterocycles. The lowest BCUT2D eigenvalue weighted by atomic mass is 10.1. The van der Waals surface area contributed by atoms with Gasteiger partial charge in [0, 0.05) is 12.1 Å². The highest BCUT2D eigenvalue weighted by atomic mass is 35.5. The van der Waals surface area contributed by atoms with Crippen LogP contribution in [-0.4, -0.2) is 17.1 Å². The molecular formula is C13H16ClF3N2. The van der Waals surface area contributed by atoms with Gasteiger partial charge in [0.2, 0.25) is 0 Å². The summed E-state index contributed by atoms with van der Waals surface area (Å²) >= 11 is 5.74. The Morgan fingerprint density at radius 1 is 1.37 bits per heavy atom. The molecule has 1 saturated heterocycles. The van der Waals surface area contributed by atoms with E-state index in [-0.39, 0.29) is 17.2 Å². The summed E-state index contributed by atoms with van der Waals surface area (Å²) in [7, 11) is 0. The number of halogens is 4. The topological polar surface area (TPSA) is 16.1 Å². The Morgan fingerprint density at radius 3 is 2.63 bits per heavy atom. The Kier molecular flexibility index (Phi) is 3.95. The summed E-state index contributed by atoms with van der Waals surface area (Å²) in [5, 5.41) is -0.112. The quantitative estimate of drug-likeness (QED) is 0.745. The van der Waals surface area contributed by atoms with Crippen LogP contribution in [0.15, 0.2) is 12.1 Å². The van der Waals surface area contributed by atoms with Crippen LogP contribution in [0.5, 0.6) is 0 Å². The summed E-state index contributed by atoms with van der Waals surface area (Å²) in [4.78, 5) is 6.03. The summed E-state index contributed by atoms with van der Waals surface area (Å²) in [5.74, 6) is 0.330. The standard InChI is InChI=1S/C13H16ClF3N2/c1-3-10-5-4-8(2)19(10)12-7-9(13(15,16)17)6-11(14)18-12/h6-8,10H,3-5H2,1-2H3. The molecule has 0 radical (unpaired) electrons. The van der Waals surface area contributed by atoms with Gasteiger partial charge in [-0.15, -0.1) is 0 Å². The summed E-state index contributed by atoms with van der Waals surface area (Å²) in [6.07, 6.45) is -1.56. The number of pyridine rings is 1. The van der Waals surface area contributed by atoms with E-state index in [1.807, 2.05) is 18.7 Å². The van der Waals surface area contributed by atoms with Crippen LogP contribution in [0.4, 0.5) is 19.0 Å². The number of hydrogen-bond donors (Lipinski definition) is 0. The van der Waals surface area contributed by atoms with Crippen molar-refractivity contribution in [3.05, 3.63) is 22.8 Å². The Bertz CT molecular complexity index is 462. The maximum Gasteiger partial charge on any atom is 0.416 e. The summed E-state index contributed by atoms with van der Waals surface area (Å²) in [6, 6.07) is 2.39. The molecule has 1 aliphatic heterocycles. The molecule has 2 atom stereocenters. The summed E-state index contributed by atoms with van der Waals surface area (Å²) in [6.45, 7) is 4.04. The fraction of sp³-hybridized carbons (Fsp3) is 0.615. The minimum Gasteiger partial charge on any atom is -0.351 e. The number of hydrogen-bond acceptors (Lipinski definition) is 2. The third-order valence-electron chi connectivity index (χ3n) is 3.63. The van der Waals surface area contributed by atoms with Crippen molar-refractivity contribution in [3.8, 4) is 0 Å². The molecule has 0 aromatic carbocycles. The molecule has 0 N–H and O–H groups in total. The van der Waals surface area contributed by atoms with Gasteiger partial charge >= 0.3 is 6.18 Å². The summed E-state index contributed by atoms with van der Waals surface area (Å²) in [5.41, 5.74) is -0.739. The predicted octanol–water partition coefficient (Wildman–Crippen LogP) is 4.52. The second kappa shape index (κ2) is 5.19. The van der Waals surface area contributed by atoms with Crippen LogP contribution in [0, 0.1) is 0 Å². The third kappa shape index (κ3) is 2.96. The van der Waals surface area contributed by atoms with Gasteiger partial charge in [0.05, 0.1) is 5.56 Å². The van der Waals surface area contributed by atoms with Crippen molar-refractivity contribution in [1.82, 2.24) is 4.98 Å². The molecule has 6 heteroatoms. The first kappa shape index (κ1) is 14.4. The van der Waals surface area contributed by atoms with Gasteiger partial charge in [0.15, 0.2) is 0 Å². The first-order valence-electron chi connectivity index (χ1n) is 6.36. The van der Waals surface area contributed by atoms with E-state index in [1.54, 1.807) is 0 Å². The lowest BCUT2D eigenvalue weighted by Crippen LogP contribution is -2.35. The van der Waals surface area contributed by atoms with Gasteiger partial charge in [-0.3, -0.25) is 0 Å². The Morgan fingerprint density at radius 2 is 2.05 bits per heavy atom. The first-order valence-corrected chi connectivity index (χ1v) is 6.74. The first-order chi connectivity index (χ1) is 8.82. The summed E-state index contributed by atoms with van der Waals surface area (Å²) < 4.78 is 38.4. The van der Waals surface area contributed by atoms with E-state index >= 15 is 0 Å². The number of nitrogens with zero attached hydrogens (tertiary/aromatic N) is 2. The van der Waals surface area contributed by atoms with Gasteiger partial charge in [-0.25, -0.2) is 4.98 Å². The van der Waals surface area contributed by atoms with E-state index in [1.165, 1.54) is 0 Å². The normalized spacial score (nSPS) is 24.0. The molecule has 0 saturated carbocycles. The minimum absolute atomic E-state index is 0.112. The van der Waals surface area contributed by atoms with E-state index in [2.05, 4.69) is 4.98 Å². The average Bonchev–Trinajstić information content (AvgIpc) is 2.68. The zero-order chi connectivity index (χ0) is 14.2. The zero-order valence-electron chi connectivity index (χ0n) is 10.8.